The van der Waals surface area contributed by atoms with E-state index in [1.54, 1.807) is 6.07 Å². The van der Waals surface area contributed by atoms with Gasteiger partial charge in [-0.1, -0.05) is 0 Å². The van der Waals surface area contributed by atoms with Crippen LogP contribution in [0, 0.1) is 10.1 Å². The van der Waals surface area contributed by atoms with Crippen molar-refractivity contribution in [2.24, 2.45) is 0 Å². The van der Waals surface area contributed by atoms with Gasteiger partial charge in [0, 0.05) is 44.9 Å². The summed E-state index contributed by atoms with van der Waals surface area (Å²) in [5.41, 5.74) is 2.98. The van der Waals surface area contributed by atoms with Crippen molar-refractivity contribution >= 4 is 34.8 Å². The Morgan fingerprint density at radius 2 is 1.45 bits per heavy atom. The average molecular weight is 459 g/mol. The third kappa shape index (κ3) is 7.80. The number of rotatable bonds is 3. The van der Waals surface area contributed by atoms with Crippen LogP contribution in [0.3, 0.4) is 0 Å². The second-order valence-electron chi connectivity index (χ2n) is 7.14. The van der Waals surface area contributed by atoms with Crippen LogP contribution < -0.4 is 20.1 Å². The van der Waals surface area contributed by atoms with Gasteiger partial charge in [0.1, 0.15) is 17.2 Å². The van der Waals surface area contributed by atoms with Gasteiger partial charge in [0.15, 0.2) is 0 Å². The standard InChI is InChI=1S/C10H10N2O4.C10H11NO2.C2H4O2/c1-6(13)11-8-4-7-2-3-16-10(7)5-9(8)12(14)15;1-7(12)11-9-2-3-10-8(6-9)4-5-13-10;1-2(3)4/h4-5H,2-3H2,1H3,(H,11,13);2-3,6H,4-5H2,1H3,(H,11,12);1H3,(H,3,4). The molecule has 2 heterocycles. The van der Waals surface area contributed by atoms with E-state index in [1.165, 1.54) is 25.5 Å². The van der Waals surface area contributed by atoms with Crippen molar-refractivity contribution < 1.29 is 33.9 Å². The maximum atomic E-state index is 10.9. The van der Waals surface area contributed by atoms with Crippen molar-refractivity contribution in [1.82, 2.24) is 0 Å². The molecule has 2 aliphatic heterocycles. The number of benzene rings is 2. The molecule has 0 bridgehead atoms. The Morgan fingerprint density at radius 3 is 2.00 bits per heavy atom. The van der Waals surface area contributed by atoms with Gasteiger partial charge < -0.3 is 25.2 Å². The molecule has 0 fully saturated rings. The molecule has 4 rings (SSSR count). The smallest absolute Gasteiger partial charge is 0.300 e. The van der Waals surface area contributed by atoms with Crippen LogP contribution >= 0.6 is 0 Å². The van der Waals surface area contributed by atoms with E-state index in [2.05, 4.69) is 10.6 Å². The van der Waals surface area contributed by atoms with Crippen molar-refractivity contribution in [2.75, 3.05) is 23.8 Å². The minimum Gasteiger partial charge on any atom is -0.493 e. The van der Waals surface area contributed by atoms with Gasteiger partial charge in [-0.3, -0.25) is 24.5 Å². The molecule has 2 amide bonds. The molecular weight excluding hydrogens is 434 g/mol. The third-order valence-electron chi connectivity index (χ3n) is 4.33. The molecule has 0 radical (unpaired) electrons. The van der Waals surface area contributed by atoms with Crippen LogP contribution in [-0.2, 0) is 27.2 Å². The monoisotopic (exact) mass is 459 g/mol. The third-order valence-corrected chi connectivity index (χ3v) is 4.33. The highest BCUT2D eigenvalue weighted by Gasteiger charge is 2.22. The van der Waals surface area contributed by atoms with Crippen molar-refractivity contribution in [3.63, 3.8) is 0 Å². The minimum absolute atomic E-state index is 0.0427. The summed E-state index contributed by atoms with van der Waals surface area (Å²) in [6.45, 7) is 5.17. The van der Waals surface area contributed by atoms with Gasteiger partial charge in [-0.2, -0.15) is 0 Å². The van der Waals surface area contributed by atoms with Crippen LogP contribution in [0.1, 0.15) is 31.9 Å². The van der Waals surface area contributed by atoms with Gasteiger partial charge in [0.25, 0.3) is 11.7 Å². The molecule has 3 N–H and O–H groups in total. The molecule has 176 valence electrons. The number of nitrogens with zero attached hydrogens (tertiary/aromatic N) is 1. The number of carbonyl (C=O) groups is 3. The lowest BCUT2D eigenvalue weighted by atomic mass is 10.1. The molecule has 0 unspecified atom stereocenters. The van der Waals surface area contributed by atoms with Crippen LogP contribution in [0.4, 0.5) is 17.1 Å². The Morgan fingerprint density at radius 1 is 0.909 bits per heavy atom. The van der Waals surface area contributed by atoms with Crippen molar-refractivity contribution in [3.05, 3.63) is 51.6 Å². The number of carboxylic acids is 1. The zero-order chi connectivity index (χ0) is 24.5. The Balaban J connectivity index is 0.000000204. The zero-order valence-corrected chi connectivity index (χ0v) is 18.5. The molecule has 0 aromatic heterocycles. The van der Waals surface area contributed by atoms with Gasteiger partial charge in [0.2, 0.25) is 11.8 Å². The van der Waals surface area contributed by atoms with Crippen LogP contribution in [-0.4, -0.2) is 41.0 Å². The number of aliphatic carboxylic acids is 1. The Bertz CT molecular complexity index is 1060. The zero-order valence-electron chi connectivity index (χ0n) is 18.5. The Labute approximate surface area is 189 Å². The molecule has 2 aliphatic rings. The highest BCUT2D eigenvalue weighted by molar-refractivity contribution is 5.92. The molecule has 0 aliphatic carbocycles. The summed E-state index contributed by atoms with van der Waals surface area (Å²) in [6, 6.07) is 8.67. The summed E-state index contributed by atoms with van der Waals surface area (Å²) in [6.07, 6.45) is 1.64. The van der Waals surface area contributed by atoms with Crippen molar-refractivity contribution in [3.8, 4) is 11.5 Å². The second-order valence-corrected chi connectivity index (χ2v) is 7.14. The first-order valence-corrected chi connectivity index (χ1v) is 10.0. The summed E-state index contributed by atoms with van der Waals surface area (Å²) in [5, 5.41) is 23.4. The molecule has 33 heavy (non-hydrogen) atoms. The maximum Gasteiger partial charge on any atom is 0.300 e. The van der Waals surface area contributed by atoms with Crippen molar-refractivity contribution in [1.29, 1.82) is 0 Å². The van der Waals surface area contributed by atoms with Crippen LogP contribution in [0.15, 0.2) is 30.3 Å². The Kier molecular flexibility index (Phi) is 8.72. The van der Waals surface area contributed by atoms with E-state index in [0.29, 0.717) is 18.8 Å². The Hall–Kier alpha value is -4.15. The van der Waals surface area contributed by atoms with Gasteiger partial charge in [-0.25, -0.2) is 0 Å². The number of nitro benzene ring substituents is 1. The SMILES string of the molecule is CC(=O)Nc1cc2c(cc1[N+](=O)[O-])OCC2.CC(=O)Nc1ccc2c(c1)CCO2.CC(=O)O. The van der Waals surface area contributed by atoms with Crippen molar-refractivity contribution in [2.45, 2.75) is 33.6 Å². The normalized spacial score (nSPS) is 12.2. The van der Waals surface area contributed by atoms with E-state index in [4.69, 9.17) is 19.4 Å². The predicted octanol–water partition coefficient (Wildman–Crippen LogP) is 3.16. The molecule has 11 heteroatoms. The van der Waals surface area contributed by atoms with Gasteiger partial charge in [0.05, 0.1) is 24.2 Å². The van der Waals surface area contributed by atoms with Gasteiger partial charge in [-0.15, -0.1) is 0 Å². The first-order valence-electron chi connectivity index (χ1n) is 10.0. The quantitative estimate of drug-likeness (QED) is 0.466. The number of nitro groups is 1. The number of hydrogen-bond donors (Lipinski definition) is 3. The van der Waals surface area contributed by atoms with E-state index < -0.39 is 10.9 Å². The minimum atomic E-state index is -0.833. The lowest BCUT2D eigenvalue weighted by Crippen LogP contribution is -2.08. The first kappa shape index (κ1) is 25.1. The summed E-state index contributed by atoms with van der Waals surface area (Å²) in [7, 11) is 0. The topological polar surface area (TPSA) is 157 Å². The van der Waals surface area contributed by atoms with Crippen LogP contribution in [0.2, 0.25) is 0 Å². The number of hydrogen-bond acceptors (Lipinski definition) is 7. The number of carboxylic acid groups (broad SMARTS) is 1. The van der Waals surface area contributed by atoms with E-state index in [9.17, 15) is 19.7 Å². The number of ether oxygens (including phenoxy) is 2. The first-order chi connectivity index (χ1) is 15.6. The van der Waals surface area contributed by atoms with Crippen LogP contribution in [0.5, 0.6) is 11.5 Å². The van der Waals surface area contributed by atoms with E-state index >= 15 is 0 Å². The van der Waals surface area contributed by atoms with E-state index in [-0.39, 0.29) is 23.2 Å². The summed E-state index contributed by atoms with van der Waals surface area (Å²) < 4.78 is 10.6. The van der Waals surface area contributed by atoms with Crippen LogP contribution in [0.25, 0.3) is 0 Å². The fourth-order valence-corrected chi connectivity index (χ4v) is 3.12. The fourth-order valence-electron chi connectivity index (χ4n) is 3.12. The summed E-state index contributed by atoms with van der Waals surface area (Å²) >= 11 is 0. The molecule has 11 nitrogen and oxygen atoms in total. The highest BCUT2D eigenvalue weighted by Crippen LogP contribution is 2.35. The average Bonchev–Trinajstić information content (AvgIpc) is 3.34. The van der Waals surface area contributed by atoms with E-state index in [0.717, 1.165) is 37.0 Å². The molecule has 0 saturated carbocycles. The van der Waals surface area contributed by atoms with E-state index in [1.807, 2.05) is 18.2 Å². The number of amides is 2. The highest BCUT2D eigenvalue weighted by atomic mass is 16.6. The summed E-state index contributed by atoms with van der Waals surface area (Å²) in [5.74, 6) is 0.260. The molecule has 2 aromatic carbocycles. The maximum absolute atomic E-state index is 10.9. The van der Waals surface area contributed by atoms with Gasteiger partial charge in [-0.05, 0) is 29.8 Å². The van der Waals surface area contributed by atoms with Gasteiger partial charge >= 0.3 is 0 Å². The molecule has 0 atom stereocenters. The molecule has 0 saturated heterocycles. The number of fused-ring (bicyclic) bond motifs is 2. The number of anilines is 2. The number of nitrogens with one attached hydrogen (secondary N) is 2. The molecule has 2 aromatic rings. The second kappa shape index (κ2) is 11.5. The largest absolute Gasteiger partial charge is 0.493 e. The molecule has 0 spiro atoms. The fraction of sp³-hybridized carbons (Fsp3) is 0.318. The lowest BCUT2D eigenvalue weighted by molar-refractivity contribution is -0.384. The molecular formula is C22H25N3O8. The lowest BCUT2D eigenvalue weighted by Gasteiger charge is -2.05. The summed E-state index contributed by atoms with van der Waals surface area (Å²) in [4.78, 5) is 41.0. The number of carbonyl (C=O) groups excluding carboxylic acids is 2. The predicted molar refractivity (Wildman–Crippen MR) is 120 cm³/mol.